The van der Waals surface area contributed by atoms with Crippen LogP contribution in [-0.2, 0) is 17.4 Å². The number of likely N-dealkylation sites (tertiary alicyclic amines) is 1. The molecule has 0 spiro atoms. The number of fused-ring (bicyclic) bond motifs is 1. The van der Waals surface area contributed by atoms with Gasteiger partial charge in [-0.05, 0) is 54.8 Å². The van der Waals surface area contributed by atoms with Crippen LogP contribution in [0.4, 0.5) is 5.69 Å². The van der Waals surface area contributed by atoms with Crippen molar-refractivity contribution in [2.75, 3.05) is 18.4 Å². The van der Waals surface area contributed by atoms with Crippen molar-refractivity contribution in [1.82, 2.24) is 14.5 Å². The average Bonchev–Trinajstić information content (AvgIpc) is 3.17. The Morgan fingerprint density at radius 2 is 2.13 bits per heavy atom. The maximum Gasteiger partial charge on any atom is 0.260 e. The highest BCUT2D eigenvalue weighted by Crippen LogP contribution is 2.39. The van der Waals surface area contributed by atoms with Crippen LogP contribution in [0.15, 0.2) is 60.2 Å². The van der Waals surface area contributed by atoms with E-state index >= 15 is 0 Å². The van der Waals surface area contributed by atoms with E-state index in [-0.39, 0.29) is 11.5 Å². The molecule has 4 rings (SSSR count). The highest BCUT2D eigenvalue weighted by molar-refractivity contribution is 6.31. The van der Waals surface area contributed by atoms with E-state index in [0.717, 1.165) is 16.8 Å². The Morgan fingerprint density at radius 3 is 2.90 bits per heavy atom. The minimum atomic E-state index is -0.533. The van der Waals surface area contributed by atoms with E-state index in [1.54, 1.807) is 11.9 Å². The number of nitrogens with one attached hydrogen (secondary N) is 1. The van der Waals surface area contributed by atoms with Gasteiger partial charge in [-0.1, -0.05) is 30.3 Å². The van der Waals surface area contributed by atoms with Crippen LogP contribution in [0.2, 0.25) is 5.02 Å². The summed E-state index contributed by atoms with van der Waals surface area (Å²) in [7, 11) is 1.68. The van der Waals surface area contributed by atoms with Gasteiger partial charge in [0.1, 0.15) is 0 Å². The van der Waals surface area contributed by atoms with Gasteiger partial charge in [-0.2, -0.15) is 0 Å². The standard InChI is InChI=1S/C23H23ClN4O2/c1-4-21(29)28-11-10-23(13-28,18-6-5-7-19(24)15(18)2)26-16-8-9-20-17(12-16)22(30)27(3)14-25-20/h4-9,12,14,26H,1,10-11,13H2,2-3H3/t23-/m1/s1. The zero-order valence-electron chi connectivity index (χ0n) is 17.0. The van der Waals surface area contributed by atoms with E-state index < -0.39 is 5.54 Å². The van der Waals surface area contributed by atoms with Crippen LogP contribution in [-0.4, -0.2) is 33.4 Å². The van der Waals surface area contributed by atoms with E-state index in [0.29, 0.717) is 35.4 Å². The Balaban J connectivity index is 1.81. The molecule has 3 aromatic rings. The molecule has 0 radical (unpaired) electrons. The van der Waals surface area contributed by atoms with Crippen molar-refractivity contribution in [3.8, 4) is 0 Å². The monoisotopic (exact) mass is 422 g/mol. The van der Waals surface area contributed by atoms with Crippen molar-refractivity contribution in [3.05, 3.63) is 81.9 Å². The van der Waals surface area contributed by atoms with Crippen LogP contribution in [0.1, 0.15) is 17.5 Å². The van der Waals surface area contributed by atoms with Gasteiger partial charge >= 0.3 is 0 Å². The van der Waals surface area contributed by atoms with Gasteiger partial charge in [0.05, 0.1) is 22.8 Å². The van der Waals surface area contributed by atoms with Gasteiger partial charge in [0.25, 0.3) is 5.56 Å². The molecule has 1 aliphatic heterocycles. The number of carbonyl (C=O) groups is 1. The van der Waals surface area contributed by atoms with Gasteiger partial charge < -0.3 is 14.8 Å². The number of rotatable bonds is 4. The smallest absolute Gasteiger partial charge is 0.260 e. The summed E-state index contributed by atoms with van der Waals surface area (Å²) in [6.07, 6.45) is 3.56. The SMILES string of the molecule is C=CC(=O)N1CC[C@](Nc2ccc3ncn(C)c(=O)c3c2)(c2cccc(Cl)c2C)C1. The van der Waals surface area contributed by atoms with Crippen molar-refractivity contribution in [2.45, 2.75) is 18.9 Å². The second-order valence-electron chi connectivity index (χ2n) is 7.73. The predicted molar refractivity (Wildman–Crippen MR) is 120 cm³/mol. The summed E-state index contributed by atoms with van der Waals surface area (Å²) in [5, 5.41) is 4.84. The first-order valence-corrected chi connectivity index (χ1v) is 10.1. The molecule has 1 atom stereocenters. The number of aryl methyl sites for hydroxylation is 1. The Labute approximate surface area is 179 Å². The Hall–Kier alpha value is -3.12. The molecule has 30 heavy (non-hydrogen) atoms. The third-order valence-electron chi connectivity index (χ3n) is 5.84. The van der Waals surface area contributed by atoms with Crippen LogP contribution >= 0.6 is 11.6 Å². The molecule has 1 saturated heterocycles. The molecule has 1 N–H and O–H groups in total. The fraction of sp³-hybridized carbons (Fsp3) is 0.261. The number of nitrogens with zero attached hydrogens (tertiary/aromatic N) is 3. The Bertz CT molecular complexity index is 1220. The molecule has 154 valence electrons. The lowest BCUT2D eigenvalue weighted by molar-refractivity contribution is -0.125. The van der Waals surface area contributed by atoms with Crippen molar-refractivity contribution >= 4 is 34.1 Å². The van der Waals surface area contributed by atoms with Crippen molar-refractivity contribution < 1.29 is 4.79 Å². The average molecular weight is 423 g/mol. The van der Waals surface area contributed by atoms with Crippen LogP contribution in [0.3, 0.4) is 0 Å². The lowest BCUT2D eigenvalue weighted by Crippen LogP contribution is -2.40. The van der Waals surface area contributed by atoms with Crippen LogP contribution in [0.25, 0.3) is 10.9 Å². The van der Waals surface area contributed by atoms with Crippen molar-refractivity contribution in [2.24, 2.45) is 7.05 Å². The van der Waals surface area contributed by atoms with E-state index in [1.807, 2.05) is 43.3 Å². The second-order valence-corrected chi connectivity index (χ2v) is 8.13. The van der Waals surface area contributed by atoms with E-state index in [2.05, 4.69) is 16.9 Å². The van der Waals surface area contributed by atoms with Crippen LogP contribution < -0.4 is 10.9 Å². The number of benzene rings is 2. The number of hydrogen-bond donors (Lipinski definition) is 1. The molecule has 0 bridgehead atoms. The van der Waals surface area contributed by atoms with Gasteiger partial charge in [0, 0.05) is 30.8 Å². The number of amides is 1. The fourth-order valence-corrected chi connectivity index (χ4v) is 4.38. The number of anilines is 1. The normalized spacial score (nSPS) is 18.6. The lowest BCUT2D eigenvalue weighted by Gasteiger charge is -2.34. The number of hydrogen-bond acceptors (Lipinski definition) is 4. The summed E-state index contributed by atoms with van der Waals surface area (Å²) < 4.78 is 1.46. The summed E-state index contributed by atoms with van der Waals surface area (Å²) in [6.45, 7) is 6.67. The topological polar surface area (TPSA) is 67.2 Å². The summed E-state index contributed by atoms with van der Waals surface area (Å²) >= 11 is 6.42. The summed E-state index contributed by atoms with van der Waals surface area (Å²) in [5.74, 6) is -0.102. The number of halogens is 1. The number of carbonyl (C=O) groups excluding carboxylic acids is 1. The predicted octanol–water partition coefficient (Wildman–Crippen LogP) is 3.62. The molecule has 7 heteroatoms. The first kappa shape index (κ1) is 20.2. The van der Waals surface area contributed by atoms with Crippen molar-refractivity contribution in [1.29, 1.82) is 0 Å². The lowest BCUT2D eigenvalue weighted by atomic mass is 9.85. The van der Waals surface area contributed by atoms with E-state index in [1.165, 1.54) is 17.0 Å². The highest BCUT2D eigenvalue weighted by Gasteiger charge is 2.42. The first-order chi connectivity index (χ1) is 14.3. The van der Waals surface area contributed by atoms with Crippen LogP contribution in [0, 0.1) is 6.92 Å². The maximum atomic E-state index is 12.6. The van der Waals surface area contributed by atoms with E-state index in [4.69, 9.17) is 11.6 Å². The maximum absolute atomic E-state index is 12.6. The molecule has 0 unspecified atom stereocenters. The quantitative estimate of drug-likeness (QED) is 0.652. The molecule has 1 amide bonds. The molecular weight excluding hydrogens is 400 g/mol. The molecular formula is C23H23ClN4O2. The Kier molecular flexibility index (Phi) is 5.12. The molecule has 2 aromatic carbocycles. The molecule has 0 saturated carbocycles. The molecule has 6 nitrogen and oxygen atoms in total. The first-order valence-electron chi connectivity index (χ1n) is 9.75. The minimum Gasteiger partial charge on any atom is -0.374 e. The second kappa shape index (κ2) is 7.61. The molecule has 1 fully saturated rings. The molecule has 0 aliphatic carbocycles. The summed E-state index contributed by atoms with van der Waals surface area (Å²) in [6, 6.07) is 11.4. The number of aromatic nitrogens is 2. The molecule has 1 aromatic heterocycles. The fourth-order valence-electron chi connectivity index (χ4n) is 4.21. The third kappa shape index (κ3) is 3.37. The highest BCUT2D eigenvalue weighted by atomic mass is 35.5. The van der Waals surface area contributed by atoms with Gasteiger partial charge in [-0.25, -0.2) is 4.98 Å². The van der Waals surface area contributed by atoms with Crippen molar-refractivity contribution in [3.63, 3.8) is 0 Å². The molecule has 1 aliphatic rings. The van der Waals surface area contributed by atoms with Gasteiger partial charge in [-0.3, -0.25) is 9.59 Å². The van der Waals surface area contributed by atoms with Gasteiger partial charge in [0.2, 0.25) is 5.91 Å². The minimum absolute atomic E-state index is 0.102. The third-order valence-corrected chi connectivity index (χ3v) is 6.25. The van der Waals surface area contributed by atoms with Gasteiger partial charge in [0.15, 0.2) is 0 Å². The zero-order valence-corrected chi connectivity index (χ0v) is 17.7. The van der Waals surface area contributed by atoms with Gasteiger partial charge in [-0.15, -0.1) is 0 Å². The largest absolute Gasteiger partial charge is 0.374 e. The molecule has 2 heterocycles. The van der Waals surface area contributed by atoms with Crippen LogP contribution in [0.5, 0.6) is 0 Å². The summed E-state index contributed by atoms with van der Waals surface area (Å²) in [5.41, 5.74) is 2.80. The van der Waals surface area contributed by atoms with E-state index in [9.17, 15) is 9.59 Å². The Morgan fingerprint density at radius 1 is 1.33 bits per heavy atom. The zero-order chi connectivity index (χ0) is 21.5. The summed E-state index contributed by atoms with van der Waals surface area (Å²) in [4.78, 5) is 31.0.